The third kappa shape index (κ3) is 3.69. The first-order chi connectivity index (χ1) is 9.74. The van der Waals surface area contributed by atoms with Crippen molar-refractivity contribution >= 4 is 11.7 Å². The molecule has 0 fully saturated rings. The van der Waals surface area contributed by atoms with Crippen LogP contribution in [0, 0.1) is 12.3 Å². The van der Waals surface area contributed by atoms with E-state index >= 15 is 0 Å². The van der Waals surface area contributed by atoms with Crippen LogP contribution in [0.15, 0.2) is 42.6 Å². The minimum Gasteiger partial charge on any atom is -0.310 e. The Bertz CT molecular complexity index is 639. The predicted molar refractivity (Wildman–Crippen MR) is 81.1 cm³/mol. The first-order valence-electron chi connectivity index (χ1n) is 6.56. The van der Waals surface area contributed by atoms with Crippen molar-refractivity contribution in [3.8, 4) is 23.5 Å². The molecule has 20 heavy (non-hydrogen) atoms. The van der Waals surface area contributed by atoms with Gasteiger partial charge in [-0.25, -0.2) is 4.98 Å². The van der Waals surface area contributed by atoms with Crippen LogP contribution in [0.5, 0.6) is 0 Å². The summed E-state index contributed by atoms with van der Waals surface area (Å²) >= 11 is 0. The maximum absolute atomic E-state index is 11.3. The Balaban J connectivity index is 0.000000198. The van der Waals surface area contributed by atoms with Crippen LogP contribution < -0.4 is 5.32 Å². The minimum atomic E-state index is -0.0531. The van der Waals surface area contributed by atoms with Gasteiger partial charge in [0.25, 0.3) is 0 Å². The largest absolute Gasteiger partial charge is 0.310 e. The van der Waals surface area contributed by atoms with Gasteiger partial charge >= 0.3 is 0 Å². The molecule has 3 rings (SSSR count). The van der Waals surface area contributed by atoms with Gasteiger partial charge in [-0.15, -0.1) is 6.42 Å². The van der Waals surface area contributed by atoms with E-state index in [1.54, 1.807) is 18.3 Å². The van der Waals surface area contributed by atoms with Gasteiger partial charge in [-0.2, -0.15) is 0 Å². The molecule has 3 nitrogen and oxygen atoms in total. The molecule has 0 spiro atoms. The molecule has 1 heterocycles. The molecule has 2 aliphatic carbocycles. The highest BCUT2D eigenvalue weighted by atomic mass is 16.1. The summed E-state index contributed by atoms with van der Waals surface area (Å²) in [5.41, 5.74) is 3.46. The van der Waals surface area contributed by atoms with Crippen LogP contribution in [-0.4, -0.2) is 10.9 Å². The molecule has 1 amide bonds. The number of anilines is 1. The molecule has 1 aromatic heterocycles. The third-order valence-corrected chi connectivity index (χ3v) is 2.81. The van der Waals surface area contributed by atoms with E-state index in [0.717, 1.165) is 6.42 Å². The Hall–Kier alpha value is -2.60. The predicted octanol–water partition coefficient (Wildman–Crippen LogP) is 3.47. The molecule has 0 aliphatic heterocycles. The summed E-state index contributed by atoms with van der Waals surface area (Å²) in [5.74, 6) is 2.88. The summed E-state index contributed by atoms with van der Waals surface area (Å²) in [7, 11) is 0. The molecule has 0 radical (unpaired) electrons. The van der Waals surface area contributed by atoms with E-state index in [-0.39, 0.29) is 5.91 Å². The number of nitrogens with zero attached hydrogens (tertiary/aromatic N) is 1. The van der Waals surface area contributed by atoms with Crippen molar-refractivity contribution in [3.63, 3.8) is 0 Å². The van der Waals surface area contributed by atoms with E-state index in [1.165, 1.54) is 11.1 Å². The number of carbonyl (C=O) groups is 1. The standard InChI is InChI=1S/C11H12N2O.C6H4/c1-3-6-10(14)13-11-9(4-2)7-5-8-12-11;1-2-5-4-6(5)3-1/h2,5,7-8H,3,6H2,1H3,(H,12,13,14);1-4H. The van der Waals surface area contributed by atoms with Crippen molar-refractivity contribution in [1.82, 2.24) is 4.98 Å². The molecule has 0 atom stereocenters. The monoisotopic (exact) mass is 264 g/mol. The number of carbonyl (C=O) groups excluding carboxylic acids is 1. The molecule has 2 aliphatic rings. The number of pyridine rings is 1. The molecular weight excluding hydrogens is 248 g/mol. The molecule has 0 aromatic carbocycles. The van der Waals surface area contributed by atoms with Crippen molar-refractivity contribution < 1.29 is 4.79 Å². The Morgan fingerprint density at radius 3 is 2.55 bits per heavy atom. The maximum Gasteiger partial charge on any atom is 0.225 e. The average molecular weight is 264 g/mol. The third-order valence-electron chi connectivity index (χ3n) is 2.81. The lowest BCUT2D eigenvalue weighted by Crippen LogP contribution is -2.12. The van der Waals surface area contributed by atoms with E-state index in [2.05, 4.69) is 40.5 Å². The zero-order chi connectivity index (χ0) is 14.4. The van der Waals surface area contributed by atoms with Crippen LogP contribution in [-0.2, 0) is 4.79 Å². The minimum absolute atomic E-state index is 0.0531. The highest BCUT2D eigenvalue weighted by molar-refractivity contribution is 5.90. The SMILES string of the molecule is C#Cc1cccnc1NC(=O)CCC.c1cc2cc-2c1. The van der Waals surface area contributed by atoms with Gasteiger partial charge in [0.1, 0.15) is 5.82 Å². The molecule has 3 heteroatoms. The summed E-state index contributed by atoms with van der Waals surface area (Å²) in [4.78, 5) is 15.3. The molecule has 0 saturated heterocycles. The molecular formula is C17H16N2O. The topological polar surface area (TPSA) is 42.0 Å². The zero-order valence-corrected chi connectivity index (χ0v) is 11.4. The van der Waals surface area contributed by atoms with E-state index in [1.807, 2.05) is 6.92 Å². The van der Waals surface area contributed by atoms with E-state index in [4.69, 9.17) is 6.42 Å². The lowest BCUT2D eigenvalue weighted by molar-refractivity contribution is -0.116. The fraction of sp³-hybridized carbons (Fsp3) is 0.176. The lowest BCUT2D eigenvalue weighted by Gasteiger charge is -2.04. The van der Waals surface area contributed by atoms with Gasteiger partial charge in [-0.3, -0.25) is 4.79 Å². The molecule has 100 valence electrons. The average Bonchev–Trinajstić information content (AvgIpc) is 3.06. The highest BCUT2D eigenvalue weighted by Crippen LogP contribution is 2.32. The van der Waals surface area contributed by atoms with Crippen LogP contribution in [0.25, 0.3) is 11.1 Å². The molecule has 0 bridgehead atoms. The molecule has 0 saturated carbocycles. The van der Waals surface area contributed by atoms with Gasteiger partial charge in [0.05, 0.1) is 5.56 Å². The second-order valence-corrected chi connectivity index (χ2v) is 4.42. The van der Waals surface area contributed by atoms with Gasteiger partial charge in [0.2, 0.25) is 5.91 Å². The van der Waals surface area contributed by atoms with Crippen LogP contribution in [0.4, 0.5) is 5.82 Å². The summed E-state index contributed by atoms with van der Waals surface area (Å²) in [5, 5.41) is 2.67. The fourth-order valence-electron chi connectivity index (χ4n) is 1.72. The first kappa shape index (κ1) is 13.8. The number of benzene rings is 1. The number of rotatable bonds is 3. The summed E-state index contributed by atoms with van der Waals surface area (Å²) in [6.45, 7) is 1.94. The molecule has 1 N–H and O–H groups in total. The number of hydrogen-bond acceptors (Lipinski definition) is 2. The van der Waals surface area contributed by atoms with Crippen molar-refractivity contribution in [1.29, 1.82) is 0 Å². The molecule has 1 aromatic rings. The molecule has 0 unspecified atom stereocenters. The Morgan fingerprint density at radius 2 is 2.05 bits per heavy atom. The van der Waals surface area contributed by atoms with Gasteiger partial charge in [0, 0.05) is 12.6 Å². The number of nitrogens with one attached hydrogen (secondary N) is 1. The van der Waals surface area contributed by atoms with Crippen molar-refractivity contribution in [2.75, 3.05) is 5.32 Å². The summed E-state index contributed by atoms with van der Waals surface area (Å²) < 4.78 is 0. The second-order valence-electron chi connectivity index (χ2n) is 4.42. The number of aromatic nitrogens is 1. The normalized spacial score (nSPS) is 9.80. The van der Waals surface area contributed by atoms with Gasteiger partial charge in [0.15, 0.2) is 0 Å². The summed E-state index contributed by atoms with van der Waals surface area (Å²) in [6.07, 6.45) is 8.15. The number of amides is 1. The number of terminal acetylenes is 1. The quantitative estimate of drug-likeness (QED) is 0.736. The van der Waals surface area contributed by atoms with Crippen LogP contribution >= 0.6 is 0 Å². The van der Waals surface area contributed by atoms with Crippen LogP contribution in [0.1, 0.15) is 25.3 Å². The Labute approximate surface area is 119 Å². The van der Waals surface area contributed by atoms with Crippen molar-refractivity contribution in [2.24, 2.45) is 0 Å². The van der Waals surface area contributed by atoms with Gasteiger partial charge in [-0.05, 0) is 35.7 Å². The van der Waals surface area contributed by atoms with E-state index in [9.17, 15) is 4.79 Å². The van der Waals surface area contributed by atoms with Gasteiger partial charge < -0.3 is 5.32 Å². The Morgan fingerprint density at radius 1 is 1.30 bits per heavy atom. The van der Waals surface area contributed by atoms with E-state index < -0.39 is 0 Å². The second kappa shape index (κ2) is 6.53. The van der Waals surface area contributed by atoms with Gasteiger partial charge in [-0.1, -0.05) is 31.0 Å². The number of fused-ring (bicyclic) bond motifs is 1. The zero-order valence-electron chi connectivity index (χ0n) is 11.4. The van der Waals surface area contributed by atoms with E-state index in [0.29, 0.717) is 17.8 Å². The summed E-state index contributed by atoms with van der Waals surface area (Å²) in [6, 6.07) is 12.0. The smallest absolute Gasteiger partial charge is 0.225 e. The first-order valence-corrected chi connectivity index (χ1v) is 6.56. The van der Waals surface area contributed by atoms with Crippen molar-refractivity contribution in [2.45, 2.75) is 19.8 Å². The lowest BCUT2D eigenvalue weighted by atomic mass is 10.2. The van der Waals surface area contributed by atoms with Crippen LogP contribution in [0.2, 0.25) is 0 Å². The maximum atomic E-state index is 11.3. The fourth-order valence-corrected chi connectivity index (χ4v) is 1.72. The Kier molecular flexibility index (Phi) is 4.52. The van der Waals surface area contributed by atoms with Crippen LogP contribution in [0.3, 0.4) is 0 Å². The number of hydrogen-bond donors (Lipinski definition) is 1. The van der Waals surface area contributed by atoms with Crippen molar-refractivity contribution in [3.05, 3.63) is 48.2 Å². The highest BCUT2D eigenvalue weighted by Gasteiger charge is 2.07.